The van der Waals surface area contributed by atoms with E-state index in [0.29, 0.717) is 17.1 Å². The summed E-state index contributed by atoms with van der Waals surface area (Å²) in [6, 6.07) is 9.64. The number of hydrogen-bond donors (Lipinski definition) is 1. The Bertz CT molecular complexity index is 834. The third-order valence-electron chi connectivity index (χ3n) is 3.48. The van der Waals surface area contributed by atoms with E-state index in [0.717, 1.165) is 16.8 Å². The van der Waals surface area contributed by atoms with Gasteiger partial charge in [0.1, 0.15) is 0 Å². The Balaban J connectivity index is 1.91. The molecule has 0 aliphatic rings. The van der Waals surface area contributed by atoms with Crippen LogP contribution in [0.4, 0.5) is 5.69 Å². The monoisotopic (exact) mass is 307 g/mol. The number of nitrogens with zero attached hydrogens (tertiary/aromatic N) is 4. The minimum atomic E-state index is -0.300. The van der Waals surface area contributed by atoms with E-state index in [4.69, 9.17) is 0 Å². The average molecular weight is 307 g/mol. The normalized spacial score (nSPS) is 10.6. The van der Waals surface area contributed by atoms with Gasteiger partial charge in [-0.05, 0) is 56.2 Å². The highest BCUT2D eigenvalue weighted by Gasteiger charge is 2.17. The number of anilines is 1. The van der Waals surface area contributed by atoms with Crippen LogP contribution < -0.4 is 5.32 Å². The molecule has 6 heteroatoms. The van der Waals surface area contributed by atoms with Crippen LogP contribution in [-0.2, 0) is 0 Å². The number of carbonyl (C=O) groups excluding carboxylic acids is 1. The smallest absolute Gasteiger partial charge is 0.278 e. The molecule has 0 saturated heterocycles. The van der Waals surface area contributed by atoms with Crippen LogP contribution in [0.15, 0.2) is 42.7 Å². The number of rotatable bonds is 3. The molecule has 0 radical (unpaired) electrons. The summed E-state index contributed by atoms with van der Waals surface area (Å²) in [7, 11) is 0. The van der Waals surface area contributed by atoms with Gasteiger partial charge in [0.15, 0.2) is 5.69 Å². The van der Waals surface area contributed by atoms with Gasteiger partial charge >= 0.3 is 0 Å². The molecule has 2 aromatic heterocycles. The molecule has 6 nitrogen and oxygen atoms in total. The van der Waals surface area contributed by atoms with Gasteiger partial charge in [-0.1, -0.05) is 11.3 Å². The summed E-state index contributed by atoms with van der Waals surface area (Å²) in [5.41, 5.74) is 4.78. The first-order valence-corrected chi connectivity index (χ1v) is 7.27. The van der Waals surface area contributed by atoms with Crippen molar-refractivity contribution < 1.29 is 4.79 Å². The first-order valence-electron chi connectivity index (χ1n) is 7.27. The molecule has 0 fully saturated rings. The second-order valence-corrected chi connectivity index (χ2v) is 5.48. The van der Waals surface area contributed by atoms with Gasteiger partial charge in [-0.2, -0.15) is 0 Å². The molecular weight excluding hydrogens is 290 g/mol. The van der Waals surface area contributed by atoms with E-state index in [1.807, 2.05) is 32.9 Å². The number of amides is 1. The van der Waals surface area contributed by atoms with Crippen molar-refractivity contribution >= 4 is 11.6 Å². The van der Waals surface area contributed by atoms with Crippen LogP contribution in [0, 0.1) is 20.8 Å². The van der Waals surface area contributed by atoms with E-state index >= 15 is 0 Å². The fraction of sp³-hybridized carbons (Fsp3) is 0.176. The molecule has 0 saturated carbocycles. The Labute approximate surface area is 134 Å². The number of benzene rings is 1. The molecule has 1 aromatic carbocycles. The minimum Gasteiger partial charge on any atom is -0.319 e. The maximum Gasteiger partial charge on any atom is 0.278 e. The lowest BCUT2D eigenvalue weighted by Crippen LogP contribution is -2.14. The first-order chi connectivity index (χ1) is 11.0. The summed E-state index contributed by atoms with van der Waals surface area (Å²) in [6.45, 7) is 5.88. The minimum absolute atomic E-state index is 0.299. The van der Waals surface area contributed by atoms with Gasteiger partial charge < -0.3 is 5.32 Å². The molecule has 0 unspecified atom stereocenters. The number of aromatic nitrogens is 4. The molecule has 0 aliphatic heterocycles. The van der Waals surface area contributed by atoms with Crippen molar-refractivity contribution in [1.29, 1.82) is 0 Å². The van der Waals surface area contributed by atoms with Gasteiger partial charge in [-0.25, -0.2) is 4.68 Å². The van der Waals surface area contributed by atoms with Gasteiger partial charge in [0.05, 0.1) is 23.3 Å². The Morgan fingerprint density at radius 2 is 1.87 bits per heavy atom. The lowest BCUT2D eigenvalue weighted by atomic mass is 10.1. The number of pyridine rings is 1. The molecule has 3 rings (SSSR count). The lowest BCUT2D eigenvalue weighted by Gasteiger charge is -2.07. The predicted molar refractivity (Wildman–Crippen MR) is 87.8 cm³/mol. The third-order valence-corrected chi connectivity index (χ3v) is 3.48. The molecule has 2 heterocycles. The van der Waals surface area contributed by atoms with Crippen molar-refractivity contribution in [3.8, 4) is 5.69 Å². The van der Waals surface area contributed by atoms with Crippen molar-refractivity contribution in [2.45, 2.75) is 20.8 Å². The van der Waals surface area contributed by atoms with Crippen molar-refractivity contribution in [3.63, 3.8) is 0 Å². The molecule has 1 amide bonds. The molecule has 116 valence electrons. The summed E-state index contributed by atoms with van der Waals surface area (Å²) >= 11 is 0. The number of hydrogen-bond acceptors (Lipinski definition) is 4. The van der Waals surface area contributed by atoms with Crippen LogP contribution >= 0.6 is 0 Å². The van der Waals surface area contributed by atoms with E-state index in [-0.39, 0.29) is 5.91 Å². The predicted octanol–water partition coefficient (Wildman–Crippen LogP) is 2.84. The Morgan fingerprint density at radius 1 is 1.13 bits per heavy atom. The van der Waals surface area contributed by atoms with Crippen molar-refractivity contribution in [2.24, 2.45) is 0 Å². The van der Waals surface area contributed by atoms with Gasteiger partial charge in [-0.3, -0.25) is 9.78 Å². The van der Waals surface area contributed by atoms with Crippen LogP contribution in [0.25, 0.3) is 5.69 Å². The zero-order chi connectivity index (χ0) is 16.4. The Hall–Kier alpha value is -3.02. The summed E-state index contributed by atoms with van der Waals surface area (Å²) in [5.74, 6) is -0.300. The molecule has 3 aromatic rings. The van der Waals surface area contributed by atoms with E-state index in [2.05, 4.69) is 26.7 Å². The second-order valence-electron chi connectivity index (χ2n) is 5.48. The topological polar surface area (TPSA) is 72.7 Å². The molecule has 0 bridgehead atoms. The quantitative estimate of drug-likeness (QED) is 0.807. The van der Waals surface area contributed by atoms with Gasteiger partial charge in [0.25, 0.3) is 5.91 Å². The highest BCUT2D eigenvalue weighted by Crippen LogP contribution is 2.17. The molecule has 0 aliphatic carbocycles. The van der Waals surface area contributed by atoms with Crippen LogP contribution in [-0.4, -0.2) is 25.9 Å². The summed E-state index contributed by atoms with van der Waals surface area (Å²) in [5, 5.41) is 10.9. The molecule has 23 heavy (non-hydrogen) atoms. The van der Waals surface area contributed by atoms with Crippen LogP contribution in [0.3, 0.4) is 0 Å². The highest BCUT2D eigenvalue weighted by atomic mass is 16.2. The van der Waals surface area contributed by atoms with E-state index in [1.165, 1.54) is 0 Å². The Morgan fingerprint density at radius 3 is 2.52 bits per heavy atom. The fourth-order valence-electron chi connectivity index (χ4n) is 2.48. The average Bonchev–Trinajstić information content (AvgIpc) is 2.89. The van der Waals surface area contributed by atoms with Crippen LogP contribution in [0.1, 0.15) is 27.3 Å². The SMILES string of the molecule is Cc1cc(C)cc(-n2nnc(C(=O)Nc3cccnc3)c2C)c1. The molecule has 1 N–H and O–H groups in total. The van der Waals surface area contributed by atoms with E-state index in [1.54, 1.807) is 29.2 Å². The van der Waals surface area contributed by atoms with Crippen LogP contribution in [0.2, 0.25) is 0 Å². The molecule has 0 atom stereocenters. The zero-order valence-electron chi connectivity index (χ0n) is 13.2. The summed E-state index contributed by atoms with van der Waals surface area (Å²) < 4.78 is 1.68. The van der Waals surface area contributed by atoms with Crippen molar-refractivity contribution in [3.05, 3.63) is 65.2 Å². The standard InChI is InChI=1S/C17H17N5O/c1-11-7-12(2)9-15(8-11)22-13(3)16(20-21-22)17(23)19-14-5-4-6-18-10-14/h4-10H,1-3H3,(H,19,23). The van der Waals surface area contributed by atoms with Crippen LogP contribution in [0.5, 0.6) is 0 Å². The fourth-order valence-corrected chi connectivity index (χ4v) is 2.48. The Kier molecular flexibility index (Phi) is 3.89. The van der Waals surface area contributed by atoms with Crippen molar-refractivity contribution in [1.82, 2.24) is 20.0 Å². The summed E-state index contributed by atoms with van der Waals surface area (Å²) in [6.07, 6.45) is 3.23. The van der Waals surface area contributed by atoms with Gasteiger partial charge in [-0.15, -0.1) is 5.10 Å². The zero-order valence-corrected chi connectivity index (χ0v) is 13.2. The third kappa shape index (κ3) is 3.11. The van der Waals surface area contributed by atoms with Gasteiger partial charge in [0.2, 0.25) is 0 Å². The van der Waals surface area contributed by atoms with E-state index < -0.39 is 0 Å². The first kappa shape index (κ1) is 14.9. The second kappa shape index (κ2) is 6.00. The van der Waals surface area contributed by atoms with Crippen molar-refractivity contribution in [2.75, 3.05) is 5.32 Å². The maximum absolute atomic E-state index is 12.4. The van der Waals surface area contributed by atoms with E-state index in [9.17, 15) is 4.79 Å². The highest BCUT2D eigenvalue weighted by molar-refractivity contribution is 6.03. The summed E-state index contributed by atoms with van der Waals surface area (Å²) in [4.78, 5) is 16.3. The van der Waals surface area contributed by atoms with Gasteiger partial charge in [0, 0.05) is 6.20 Å². The molecular formula is C17H17N5O. The number of aryl methyl sites for hydroxylation is 2. The maximum atomic E-state index is 12.4. The number of carbonyl (C=O) groups is 1. The number of nitrogens with one attached hydrogen (secondary N) is 1. The molecule has 0 spiro atoms. The lowest BCUT2D eigenvalue weighted by molar-refractivity contribution is 0.102. The largest absolute Gasteiger partial charge is 0.319 e.